The van der Waals surface area contributed by atoms with Gasteiger partial charge in [-0.1, -0.05) is 137 Å². The van der Waals surface area contributed by atoms with E-state index in [1.807, 2.05) is 138 Å². The van der Waals surface area contributed by atoms with Crippen molar-refractivity contribution in [2.75, 3.05) is 10.2 Å². The molecule has 230 valence electrons. The topological polar surface area (TPSA) is 75.7 Å². The third kappa shape index (κ3) is 4.56. The Balaban J connectivity index is 1.36. The summed E-state index contributed by atoms with van der Waals surface area (Å²) < 4.78 is 7.39. The first-order chi connectivity index (χ1) is 23.0. The number of fused-ring (bicyclic) bond motifs is 6. The summed E-state index contributed by atoms with van der Waals surface area (Å²) >= 11 is 3.48. The molecule has 6 nitrogen and oxygen atoms in total. The van der Waals surface area contributed by atoms with Crippen molar-refractivity contribution in [2.24, 2.45) is 5.92 Å². The van der Waals surface area contributed by atoms with Crippen LogP contribution >= 0.6 is 15.9 Å². The number of rotatable bonds is 6. The zero-order chi connectivity index (χ0) is 32.1. The van der Waals surface area contributed by atoms with Crippen molar-refractivity contribution < 1.29 is 19.1 Å². The van der Waals surface area contributed by atoms with E-state index in [-0.39, 0.29) is 11.7 Å². The molecule has 8 rings (SSSR count). The minimum absolute atomic E-state index is 0.264. The largest absolute Gasteiger partial charge is 0.452 e. The molecule has 1 fully saturated rings. The van der Waals surface area contributed by atoms with Gasteiger partial charge in [-0.25, -0.2) is 0 Å². The van der Waals surface area contributed by atoms with Crippen LogP contribution in [0, 0.1) is 5.92 Å². The molecule has 3 heterocycles. The highest BCUT2D eigenvalue weighted by atomic mass is 79.9. The number of halogens is 1. The maximum atomic E-state index is 15.2. The minimum Gasteiger partial charge on any atom is -0.452 e. The molecule has 3 aliphatic heterocycles. The SMILES string of the molecule is O=C(OC(c1ccccc1)c1ccccc1)[C@@H]1[C@H](C(=O)c2ccc(Br)cc2)N2c3ccccc3C=C[C@@H]2[C@]12C(=O)Nc1ccccc12. The molecule has 4 atom stereocenters. The second kappa shape index (κ2) is 11.5. The average molecular weight is 682 g/mol. The second-order valence-electron chi connectivity index (χ2n) is 12.1. The summed E-state index contributed by atoms with van der Waals surface area (Å²) in [6.07, 6.45) is 3.19. The molecule has 5 aromatic carbocycles. The van der Waals surface area contributed by atoms with Gasteiger partial charge < -0.3 is 15.0 Å². The van der Waals surface area contributed by atoms with Gasteiger partial charge in [-0.05, 0) is 46.5 Å². The monoisotopic (exact) mass is 680 g/mol. The van der Waals surface area contributed by atoms with Gasteiger partial charge in [-0.3, -0.25) is 14.4 Å². The van der Waals surface area contributed by atoms with Gasteiger partial charge in [-0.2, -0.15) is 0 Å². The van der Waals surface area contributed by atoms with Crippen molar-refractivity contribution >= 4 is 51.0 Å². The number of ketones is 1. The predicted molar refractivity (Wildman–Crippen MR) is 185 cm³/mol. The molecule has 0 unspecified atom stereocenters. The van der Waals surface area contributed by atoms with Gasteiger partial charge in [0.1, 0.15) is 17.4 Å². The lowest BCUT2D eigenvalue weighted by Gasteiger charge is -2.37. The number of esters is 1. The molecule has 1 N–H and O–H groups in total. The normalized spacial score (nSPS) is 22.0. The van der Waals surface area contributed by atoms with Crippen molar-refractivity contribution in [3.05, 3.63) is 172 Å². The number of benzene rings is 5. The number of nitrogens with zero attached hydrogens (tertiary/aromatic N) is 1. The summed E-state index contributed by atoms with van der Waals surface area (Å²) in [5, 5.41) is 3.07. The molecule has 5 aromatic rings. The van der Waals surface area contributed by atoms with Crippen LogP contribution in [0.5, 0.6) is 0 Å². The Hall–Kier alpha value is -5.27. The van der Waals surface area contributed by atoms with E-state index in [9.17, 15) is 9.59 Å². The first-order valence-corrected chi connectivity index (χ1v) is 16.3. The fraction of sp³-hybridized carbons (Fsp3) is 0.125. The number of carbonyl (C=O) groups is 3. The minimum atomic E-state index is -1.45. The third-order valence-electron chi connectivity index (χ3n) is 9.63. The van der Waals surface area contributed by atoms with Crippen LogP contribution in [0.1, 0.15) is 38.7 Å². The number of carbonyl (C=O) groups excluding carboxylic acids is 3. The molecule has 0 radical (unpaired) electrons. The van der Waals surface area contributed by atoms with Crippen molar-refractivity contribution in [2.45, 2.75) is 23.6 Å². The first-order valence-electron chi connectivity index (χ1n) is 15.5. The first kappa shape index (κ1) is 29.2. The Labute approximate surface area is 280 Å². The summed E-state index contributed by atoms with van der Waals surface area (Å²) in [6, 6.07) is 39.8. The van der Waals surface area contributed by atoms with Crippen LogP contribution in [0.2, 0.25) is 0 Å². The average Bonchev–Trinajstić information content (AvgIpc) is 3.60. The van der Waals surface area contributed by atoms with E-state index in [4.69, 9.17) is 4.74 Å². The number of nitrogens with one attached hydrogen (secondary N) is 1. The number of hydrogen-bond donors (Lipinski definition) is 1. The molecule has 1 saturated heterocycles. The second-order valence-corrected chi connectivity index (χ2v) is 13.0. The zero-order valence-corrected chi connectivity index (χ0v) is 26.7. The molecule has 0 saturated carbocycles. The molecule has 0 aromatic heterocycles. The summed E-state index contributed by atoms with van der Waals surface area (Å²) in [7, 11) is 0. The maximum Gasteiger partial charge on any atom is 0.314 e. The van der Waals surface area contributed by atoms with E-state index in [0.29, 0.717) is 16.8 Å². The van der Waals surface area contributed by atoms with E-state index in [1.165, 1.54) is 0 Å². The van der Waals surface area contributed by atoms with E-state index in [2.05, 4.69) is 21.2 Å². The third-order valence-corrected chi connectivity index (χ3v) is 10.2. The zero-order valence-electron chi connectivity index (χ0n) is 25.1. The smallest absolute Gasteiger partial charge is 0.314 e. The Morgan fingerprint density at radius 2 is 1.38 bits per heavy atom. The Kier molecular flexibility index (Phi) is 7.14. The Bertz CT molecular complexity index is 2010. The number of amides is 1. The molecule has 0 aliphatic carbocycles. The maximum absolute atomic E-state index is 15.2. The highest BCUT2D eigenvalue weighted by molar-refractivity contribution is 9.10. The van der Waals surface area contributed by atoms with Gasteiger partial charge >= 0.3 is 5.97 Å². The number of hydrogen-bond acceptors (Lipinski definition) is 5. The van der Waals surface area contributed by atoms with Gasteiger partial charge in [0.05, 0.1) is 6.04 Å². The van der Waals surface area contributed by atoms with E-state index in [1.54, 1.807) is 12.1 Å². The lowest BCUT2D eigenvalue weighted by Crippen LogP contribution is -2.51. The summed E-state index contributed by atoms with van der Waals surface area (Å²) in [6.45, 7) is 0. The van der Waals surface area contributed by atoms with Crippen molar-refractivity contribution in [1.29, 1.82) is 0 Å². The van der Waals surface area contributed by atoms with Crippen LogP contribution in [0.25, 0.3) is 6.08 Å². The summed E-state index contributed by atoms with van der Waals surface area (Å²) in [5.41, 5.74) is 3.54. The van der Waals surface area contributed by atoms with Gasteiger partial charge in [0, 0.05) is 21.4 Å². The van der Waals surface area contributed by atoms with E-state index < -0.39 is 35.5 Å². The molecule has 1 spiro atoms. The number of para-hydroxylation sites is 2. The molecule has 0 bridgehead atoms. The molecule has 47 heavy (non-hydrogen) atoms. The number of anilines is 2. The summed E-state index contributed by atoms with van der Waals surface area (Å²) in [5.74, 6) is -2.41. The Morgan fingerprint density at radius 3 is 2.09 bits per heavy atom. The molecular weight excluding hydrogens is 652 g/mol. The van der Waals surface area contributed by atoms with Crippen LogP contribution in [-0.2, 0) is 19.7 Å². The van der Waals surface area contributed by atoms with Crippen LogP contribution < -0.4 is 10.2 Å². The van der Waals surface area contributed by atoms with Crippen LogP contribution in [0.4, 0.5) is 11.4 Å². The van der Waals surface area contributed by atoms with Crippen LogP contribution in [0.3, 0.4) is 0 Å². The van der Waals surface area contributed by atoms with Gasteiger partial charge in [-0.15, -0.1) is 0 Å². The lowest BCUT2D eigenvalue weighted by atomic mass is 9.66. The number of Topliss-reactive ketones (excluding diaryl/α,β-unsaturated/α-hetero) is 1. The summed E-state index contributed by atoms with van der Waals surface area (Å²) in [4.78, 5) is 46.7. The highest BCUT2D eigenvalue weighted by Gasteiger charge is 2.71. The Morgan fingerprint density at radius 1 is 0.766 bits per heavy atom. The van der Waals surface area contributed by atoms with Crippen molar-refractivity contribution in [3.8, 4) is 0 Å². The highest BCUT2D eigenvalue weighted by Crippen LogP contribution is 2.58. The molecule has 1 amide bonds. The van der Waals surface area contributed by atoms with E-state index >= 15 is 4.79 Å². The standard InChI is InChI=1S/C40H29BrN2O4/c41-29-22-19-26(20-23-29)36(44)35-34(38(45)47-37(27-12-3-1-4-13-27)28-14-5-2-6-15-28)40(30-16-8-9-17-31(30)42-39(40)46)33-24-21-25-11-7-10-18-32(25)43(33)35/h1-24,33-35,37H,(H,42,46)/t33-,34+,35-,40+/m1/s1. The van der Waals surface area contributed by atoms with Gasteiger partial charge in [0.2, 0.25) is 5.91 Å². The molecule has 3 aliphatic rings. The van der Waals surface area contributed by atoms with Gasteiger partial charge in [0.15, 0.2) is 11.9 Å². The fourth-order valence-electron chi connectivity index (χ4n) is 7.64. The number of ether oxygens (including phenoxy) is 1. The predicted octanol–water partition coefficient (Wildman–Crippen LogP) is 7.76. The van der Waals surface area contributed by atoms with Crippen LogP contribution in [0.15, 0.2) is 144 Å². The van der Waals surface area contributed by atoms with Crippen molar-refractivity contribution in [3.63, 3.8) is 0 Å². The fourth-order valence-corrected chi connectivity index (χ4v) is 7.91. The van der Waals surface area contributed by atoms with Crippen molar-refractivity contribution in [1.82, 2.24) is 0 Å². The quantitative estimate of drug-likeness (QED) is 0.147. The van der Waals surface area contributed by atoms with Gasteiger partial charge in [0.25, 0.3) is 0 Å². The van der Waals surface area contributed by atoms with E-state index in [0.717, 1.165) is 26.9 Å². The lowest BCUT2D eigenvalue weighted by molar-refractivity contribution is -0.156. The molecular formula is C40H29BrN2O4. The van der Waals surface area contributed by atoms with Crippen LogP contribution in [-0.4, -0.2) is 29.7 Å². The molecule has 7 heteroatoms.